The Balaban J connectivity index is 1.60. The van der Waals surface area contributed by atoms with Crippen molar-refractivity contribution in [2.45, 2.75) is 97.2 Å². The van der Waals surface area contributed by atoms with E-state index in [1.807, 2.05) is 43.7 Å². The lowest BCUT2D eigenvalue weighted by atomic mass is 9.73. The molecule has 0 amide bonds. The Hall–Kier alpha value is -2.29. The molecule has 2 aromatic rings. The van der Waals surface area contributed by atoms with Crippen LogP contribution in [0.3, 0.4) is 0 Å². The molecule has 7 atom stereocenters. The second kappa shape index (κ2) is 10.2. The number of aliphatic hydroxyl groups is 2. The van der Waals surface area contributed by atoms with Crippen molar-refractivity contribution in [3.8, 4) is 0 Å². The van der Waals surface area contributed by atoms with Gasteiger partial charge in [-0.2, -0.15) is 0 Å². The number of aliphatic hydroxyl groups excluding tert-OH is 2. The Labute approximate surface area is 213 Å². The number of hydrogen-bond acceptors (Lipinski definition) is 7. The molecule has 8 nitrogen and oxygen atoms in total. The number of fused-ring (bicyclic) bond motifs is 2. The van der Waals surface area contributed by atoms with Gasteiger partial charge < -0.3 is 24.3 Å². The molecule has 1 aromatic heterocycles. The van der Waals surface area contributed by atoms with Gasteiger partial charge in [-0.3, -0.25) is 9.59 Å². The van der Waals surface area contributed by atoms with E-state index in [9.17, 15) is 19.8 Å². The van der Waals surface area contributed by atoms with Crippen molar-refractivity contribution >= 4 is 22.8 Å². The molecule has 2 N–H and O–H groups in total. The molecule has 0 radical (unpaired) electrons. The van der Waals surface area contributed by atoms with Gasteiger partial charge in [-0.1, -0.05) is 40.2 Å². The van der Waals surface area contributed by atoms with Crippen LogP contribution in [0.2, 0.25) is 0 Å². The van der Waals surface area contributed by atoms with Gasteiger partial charge in [-0.05, 0) is 43.4 Å². The largest absolute Gasteiger partial charge is 0.457 e. The van der Waals surface area contributed by atoms with Crippen molar-refractivity contribution in [1.82, 2.24) is 9.55 Å². The second-order valence-electron chi connectivity index (χ2n) is 11.4. The van der Waals surface area contributed by atoms with E-state index in [-0.39, 0.29) is 30.3 Å². The Morgan fingerprint density at radius 3 is 2.56 bits per heavy atom. The zero-order valence-electron chi connectivity index (χ0n) is 22.2. The van der Waals surface area contributed by atoms with Gasteiger partial charge in [0.1, 0.15) is 17.7 Å². The number of ketones is 1. The molecule has 8 heteroatoms. The van der Waals surface area contributed by atoms with Crippen molar-refractivity contribution in [3.63, 3.8) is 0 Å². The minimum absolute atomic E-state index is 0.0148. The van der Waals surface area contributed by atoms with Crippen LogP contribution in [-0.2, 0) is 26.1 Å². The van der Waals surface area contributed by atoms with Crippen LogP contribution >= 0.6 is 0 Å². The van der Waals surface area contributed by atoms with E-state index < -0.39 is 35.6 Å². The average molecular weight is 501 g/mol. The normalized spacial score (nSPS) is 34.3. The maximum atomic E-state index is 13.2. The molecule has 3 heterocycles. The molecule has 0 bridgehead atoms. The number of epoxide rings is 1. The molecule has 0 spiro atoms. The van der Waals surface area contributed by atoms with Gasteiger partial charge >= 0.3 is 5.97 Å². The molecule has 2 aliphatic heterocycles. The zero-order valence-corrected chi connectivity index (χ0v) is 22.2. The maximum Gasteiger partial charge on any atom is 0.309 e. The topological polar surface area (TPSA) is 114 Å². The van der Waals surface area contributed by atoms with Crippen LogP contribution in [0.4, 0.5) is 0 Å². The number of imidazole rings is 1. The Kier molecular flexibility index (Phi) is 7.60. The summed E-state index contributed by atoms with van der Waals surface area (Å²) >= 11 is 0. The number of Topliss-reactive ketones (excluding diaryl/α,β-unsaturated/α-hetero) is 1. The molecule has 36 heavy (non-hydrogen) atoms. The van der Waals surface area contributed by atoms with Crippen LogP contribution in [0.25, 0.3) is 11.0 Å². The molecular formula is C28H40N2O6. The number of benzene rings is 1. The number of carbonyl (C=O) groups is 2. The first kappa shape index (κ1) is 26.8. The Bertz CT molecular complexity index is 1120. The third-order valence-corrected chi connectivity index (χ3v) is 8.39. The Morgan fingerprint density at radius 1 is 1.11 bits per heavy atom. The molecule has 198 valence electrons. The summed E-state index contributed by atoms with van der Waals surface area (Å²) in [7, 11) is 1.96. The number of carbonyl (C=O) groups excluding carboxylic acids is 2. The van der Waals surface area contributed by atoms with Gasteiger partial charge in [-0.15, -0.1) is 0 Å². The van der Waals surface area contributed by atoms with Gasteiger partial charge in [0.2, 0.25) is 0 Å². The van der Waals surface area contributed by atoms with E-state index in [0.29, 0.717) is 6.42 Å². The van der Waals surface area contributed by atoms with Crippen LogP contribution in [0.15, 0.2) is 18.2 Å². The molecule has 4 rings (SSSR count). The lowest BCUT2D eigenvalue weighted by molar-refractivity contribution is -0.156. The van der Waals surface area contributed by atoms with E-state index in [1.165, 1.54) is 0 Å². The van der Waals surface area contributed by atoms with E-state index in [2.05, 4.69) is 4.98 Å². The summed E-state index contributed by atoms with van der Waals surface area (Å²) in [5.41, 5.74) is 1.45. The smallest absolute Gasteiger partial charge is 0.309 e. The fraction of sp³-hybridized carbons (Fsp3) is 0.679. The number of hydrogen-bond donors (Lipinski definition) is 2. The van der Waals surface area contributed by atoms with E-state index >= 15 is 0 Å². The van der Waals surface area contributed by atoms with Crippen LogP contribution in [0.5, 0.6) is 0 Å². The highest BCUT2D eigenvalue weighted by atomic mass is 16.6. The summed E-state index contributed by atoms with van der Waals surface area (Å²) < 4.78 is 13.8. The summed E-state index contributed by atoms with van der Waals surface area (Å²) in [5.74, 6) is -0.650. The number of nitrogens with zero attached hydrogens (tertiary/aromatic N) is 2. The number of cyclic esters (lactones) is 1. The van der Waals surface area contributed by atoms with E-state index in [0.717, 1.165) is 41.7 Å². The quantitative estimate of drug-likeness (QED) is 0.452. The van der Waals surface area contributed by atoms with Crippen molar-refractivity contribution in [1.29, 1.82) is 0 Å². The first-order valence-corrected chi connectivity index (χ1v) is 13.1. The highest BCUT2D eigenvalue weighted by Crippen LogP contribution is 2.39. The van der Waals surface area contributed by atoms with Crippen LogP contribution in [-0.4, -0.2) is 55.9 Å². The van der Waals surface area contributed by atoms with Gasteiger partial charge in [0.05, 0.1) is 47.3 Å². The summed E-state index contributed by atoms with van der Waals surface area (Å²) in [6.07, 6.45) is 0.196. The van der Waals surface area contributed by atoms with Gasteiger partial charge in [0.15, 0.2) is 0 Å². The van der Waals surface area contributed by atoms with Gasteiger partial charge in [0, 0.05) is 19.4 Å². The van der Waals surface area contributed by atoms with Crippen molar-refractivity contribution < 1.29 is 29.3 Å². The standard InChI is InChI=1S/C28H40N2O6/c1-15-8-7-9-21-23(35-21)13-22(18-10-11-20-19(12-18)29-17(3)30(20)6)36-25(32)14-24(31)28(4,5)27(34)16(2)26(15)33/h10-12,15-16,21-24,26,31,33H,7-9,13-14H2,1-6H3. The first-order chi connectivity index (χ1) is 16.9. The molecule has 1 aromatic carbocycles. The van der Waals surface area contributed by atoms with Crippen LogP contribution < -0.4 is 0 Å². The second-order valence-corrected chi connectivity index (χ2v) is 11.4. The summed E-state index contributed by atoms with van der Waals surface area (Å²) in [4.78, 5) is 30.8. The molecule has 2 fully saturated rings. The predicted molar refractivity (Wildman–Crippen MR) is 135 cm³/mol. The maximum absolute atomic E-state index is 13.2. The summed E-state index contributed by atoms with van der Waals surface area (Å²) in [5, 5.41) is 21.7. The number of rotatable bonds is 1. The van der Waals surface area contributed by atoms with Crippen LogP contribution in [0, 0.1) is 24.2 Å². The molecular weight excluding hydrogens is 460 g/mol. The summed E-state index contributed by atoms with van der Waals surface area (Å²) in [6, 6.07) is 5.88. The summed E-state index contributed by atoms with van der Waals surface area (Å²) in [6.45, 7) is 8.85. The zero-order chi connectivity index (χ0) is 26.4. The van der Waals surface area contributed by atoms with E-state index in [1.54, 1.807) is 20.8 Å². The lowest BCUT2D eigenvalue weighted by Crippen LogP contribution is -2.45. The first-order valence-electron chi connectivity index (χ1n) is 13.1. The molecule has 0 aliphatic carbocycles. The lowest BCUT2D eigenvalue weighted by Gasteiger charge is -2.34. The monoisotopic (exact) mass is 500 g/mol. The minimum atomic E-state index is -1.23. The molecule has 7 unspecified atom stereocenters. The average Bonchev–Trinajstić information content (AvgIpc) is 3.51. The Morgan fingerprint density at radius 2 is 1.83 bits per heavy atom. The van der Waals surface area contributed by atoms with Crippen LogP contribution in [0.1, 0.15) is 77.3 Å². The minimum Gasteiger partial charge on any atom is -0.457 e. The third kappa shape index (κ3) is 5.36. The van der Waals surface area contributed by atoms with Crippen molar-refractivity contribution in [3.05, 3.63) is 29.6 Å². The SMILES string of the molecule is Cc1nc2cc(C3CC4OC4CCCC(C)C(O)C(C)C(=O)C(C)(C)C(O)CC(=O)O3)ccc2n1C. The molecule has 2 aliphatic rings. The number of aryl methyl sites for hydroxylation is 2. The number of esters is 1. The molecule has 0 saturated carbocycles. The van der Waals surface area contributed by atoms with Gasteiger partial charge in [-0.25, -0.2) is 4.98 Å². The highest BCUT2D eigenvalue weighted by Gasteiger charge is 2.44. The fourth-order valence-electron chi connectivity index (χ4n) is 5.47. The fourth-order valence-corrected chi connectivity index (χ4v) is 5.47. The van der Waals surface area contributed by atoms with Gasteiger partial charge in [0.25, 0.3) is 0 Å². The third-order valence-electron chi connectivity index (χ3n) is 8.39. The number of aromatic nitrogens is 2. The highest BCUT2D eigenvalue weighted by molar-refractivity contribution is 5.88. The molecule has 2 saturated heterocycles. The number of ether oxygens (including phenoxy) is 2. The van der Waals surface area contributed by atoms with E-state index in [4.69, 9.17) is 9.47 Å². The predicted octanol–water partition coefficient (Wildman–Crippen LogP) is 3.79. The van der Waals surface area contributed by atoms with Crippen molar-refractivity contribution in [2.24, 2.45) is 24.3 Å². The van der Waals surface area contributed by atoms with Crippen molar-refractivity contribution in [2.75, 3.05) is 0 Å².